The number of pyridine rings is 1. The summed E-state index contributed by atoms with van der Waals surface area (Å²) in [7, 11) is 0. The van der Waals surface area contributed by atoms with Crippen molar-refractivity contribution in [1.29, 1.82) is 5.26 Å². The Morgan fingerprint density at radius 3 is 2.92 bits per heavy atom. The predicted molar refractivity (Wildman–Crippen MR) is 90.9 cm³/mol. The van der Waals surface area contributed by atoms with Crippen LogP contribution < -0.4 is 15.0 Å². The molecule has 0 spiro atoms. The van der Waals surface area contributed by atoms with Crippen LogP contribution in [0.4, 0.5) is 0 Å². The average molecular weight is 345 g/mol. The zero-order valence-corrected chi connectivity index (χ0v) is 14.1. The van der Waals surface area contributed by atoms with Crippen LogP contribution >= 0.6 is 11.6 Å². The van der Waals surface area contributed by atoms with Gasteiger partial charge in [-0.05, 0) is 42.7 Å². The molecule has 1 aliphatic heterocycles. The fraction of sp³-hybridized carbons (Fsp3) is 0.333. The maximum Gasteiger partial charge on any atom is 0.268 e. The molecule has 3 rings (SSSR count). The molecule has 0 bridgehead atoms. The fourth-order valence-corrected chi connectivity index (χ4v) is 2.94. The van der Waals surface area contributed by atoms with Gasteiger partial charge in [0.1, 0.15) is 11.6 Å². The van der Waals surface area contributed by atoms with Crippen molar-refractivity contribution in [2.75, 3.05) is 13.2 Å². The number of aromatic nitrogens is 1. The highest BCUT2D eigenvalue weighted by atomic mass is 35.5. The number of benzene rings is 1. The Bertz CT molecular complexity index is 868. The van der Waals surface area contributed by atoms with E-state index in [0.29, 0.717) is 48.3 Å². The standard InChI is InChI=1S/C18H17ClN2O3/c1-12-3-5-21(18(22)14(12)11-20)6-4-13-9-15(19)17-16(10-13)23-7-2-8-24-17/h3,5,9-10H,2,4,6-8H2,1H3. The molecular formula is C18H17ClN2O3. The summed E-state index contributed by atoms with van der Waals surface area (Å²) in [5.74, 6) is 1.22. The van der Waals surface area contributed by atoms with Crippen molar-refractivity contribution in [2.24, 2.45) is 0 Å². The Morgan fingerprint density at radius 1 is 1.33 bits per heavy atom. The lowest BCUT2D eigenvalue weighted by molar-refractivity contribution is 0.297. The number of hydrogen-bond donors (Lipinski definition) is 0. The van der Waals surface area contributed by atoms with Gasteiger partial charge in [-0.15, -0.1) is 0 Å². The minimum atomic E-state index is -0.266. The highest BCUT2D eigenvalue weighted by Crippen LogP contribution is 2.38. The van der Waals surface area contributed by atoms with E-state index in [9.17, 15) is 4.79 Å². The van der Waals surface area contributed by atoms with Gasteiger partial charge in [0.25, 0.3) is 5.56 Å². The Kier molecular flexibility index (Phi) is 4.77. The quantitative estimate of drug-likeness (QED) is 0.858. The summed E-state index contributed by atoms with van der Waals surface area (Å²) in [5.41, 5.74) is 1.57. The molecule has 0 atom stereocenters. The Hall–Kier alpha value is -2.45. The Balaban J connectivity index is 1.83. The van der Waals surface area contributed by atoms with Crippen LogP contribution in [0.25, 0.3) is 0 Å². The van der Waals surface area contributed by atoms with Gasteiger partial charge < -0.3 is 14.0 Å². The van der Waals surface area contributed by atoms with Gasteiger partial charge in [-0.25, -0.2) is 0 Å². The number of fused-ring (bicyclic) bond motifs is 1. The molecule has 0 N–H and O–H groups in total. The molecule has 0 saturated carbocycles. The topological polar surface area (TPSA) is 64.2 Å². The van der Waals surface area contributed by atoms with Crippen molar-refractivity contribution in [1.82, 2.24) is 4.57 Å². The van der Waals surface area contributed by atoms with E-state index in [0.717, 1.165) is 12.0 Å². The summed E-state index contributed by atoms with van der Waals surface area (Å²) in [6.45, 7) is 3.40. The lowest BCUT2D eigenvalue weighted by Gasteiger charge is -2.12. The van der Waals surface area contributed by atoms with Crippen LogP contribution in [0.5, 0.6) is 11.5 Å². The number of nitrogens with zero attached hydrogens (tertiary/aromatic N) is 2. The summed E-state index contributed by atoms with van der Waals surface area (Å²) in [6, 6.07) is 7.48. The molecule has 6 heteroatoms. The smallest absolute Gasteiger partial charge is 0.268 e. The third-order valence-corrected chi connectivity index (χ3v) is 4.27. The third-order valence-electron chi connectivity index (χ3n) is 3.99. The van der Waals surface area contributed by atoms with Crippen molar-refractivity contribution in [2.45, 2.75) is 26.3 Å². The van der Waals surface area contributed by atoms with Crippen molar-refractivity contribution in [3.8, 4) is 17.6 Å². The second kappa shape index (κ2) is 6.98. The van der Waals surface area contributed by atoms with Crippen molar-refractivity contribution >= 4 is 11.6 Å². The molecule has 124 valence electrons. The lowest BCUT2D eigenvalue weighted by atomic mass is 10.1. The van der Waals surface area contributed by atoms with Crippen LogP contribution in [-0.2, 0) is 13.0 Å². The van der Waals surface area contributed by atoms with Crippen molar-refractivity contribution in [3.63, 3.8) is 0 Å². The van der Waals surface area contributed by atoms with E-state index in [4.69, 9.17) is 26.3 Å². The van der Waals surface area contributed by atoms with E-state index >= 15 is 0 Å². The summed E-state index contributed by atoms with van der Waals surface area (Å²) < 4.78 is 12.8. The van der Waals surface area contributed by atoms with E-state index in [-0.39, 0.29) is 11.1 Å². The minimum absolute atomic E-state index is 0.189. The second-order valence-corrected chi connectivity index (χ2v) is 6.10. The van der Waals surface area contributed by atoms with Gasteiger partial charge in [0.05, 0.1) is 18.2 Å². The van der Waals surface area contributed by atoms with Gasteiger partial charge in [0, 0.05) is 19.2 Å². The highest BCUT2D eigenvalue weighted by molar-refractivity contribution is 6.32. The Labute approximate surface area is 145 Å². The molecule has 0 fully saturated rings. The molecule has 0 unspecified atom stereocenters. The van der Waals surface area contributed by atoms with Crippen LogP contribution in [0.3, 0.4) is 0 Å². The van der Waals surface area contributed by atoms with E-state index in [2.05, 4.69) is 0 Å². The van der Waals surface area contributed by atoms with E-state index < -0.39 is 0 Å². The summed E-state index contributed by atoms with van der Waals surface area (Å²) >= 11 is 6.28. The first-order valence-corrected chi connectivity index (χ1v) is 8.16. The summed E-state index contributed by atoms with van der Waals surface area (Å²) in [6.07, 6.45) is 3.13. The van der Waals surface area contributed by atoms with Gasteiger partial charge in [-0.3, -0.25) is 4.79 Å². The molecule has 2 aromatic rings. The first-order valence-electron chi connectivity index (χ1n) is 7.78. The number of halogens is 1. The first-order chi connectivity index (χ1) is 11.6. The number of aryl methyl sites for hydroxylation is 3. The van der Waals surface area contributed by atoms with Gasteiger partial charge in [-0.1, -0.05) is 11.6 Å². The molecule has 0 saturated heterocycles. The van der Waals surface area contributed by atoms with Crippen LogP contribution in [-0.4, -0.2) is 17.8 Å². The SMILES string of the molecule is Cc1ccn(CCc2cc(Cl)c3c(c2)OCCCO3)c(=O)c1C#N. The van der Waals surface area contributed by atoms with Crippen LogP contribution in [0, 0.1) is 18.3 Å². The molecule has 1 aliphatic rings. The summed E-state index contributed by atoms with van der Waals surface area (Å²) in [4.78, 5) is 12.3. The maximum absolute atomic E-state index is 12.3. The predicted octanol–water partition coefficient (Wildman–Crippen LogP) is 3.09. The molecule has 1 aromatic heterocycles. The number of ether oxygens (including phenoxy) is 2. The lowest BCUT2D eigenvalue weighted by Crippen LogP contribution is -2.23. The zero-order valence-electron chi connectivity index (χ0n) is 13.3. The number of nitriles is 1. The first kappa shape index (κ1) is 16.4. The highest BCUT2D eigenvalue weighted by Gasteiger charge is 2.16. The monoisotopic (exact) mass is 344 g/mol. The molecule has 1 aromatic carbocycles. The largest absolute Gasteiger partial charge is 0.489 e. The van der Waals surface area contributed by atoms with Crippen molar-refractivity contribution < 1.29 is 9.47 Å². The molecule has 24 heavy (non-hydrogen) atoms. The minimum Gasteiger partial charge on any atom is -0.489 e. The van der Waals surface area contributed by atoms with Gasteiger partial charge in [0.2, 0.25) is 0 Å². The van der Waals surface area contributed by atoms with Crippen LogP contribution in [0.2, 0.25) is 5.02 Å². The number of rotatable bonds is 3. The normalized spacial score (nSPS) is 13.2. The van der Waals surface area contributed by atoms with Crippen molar-refractivity contribution in [3.05, 3.63) is 56.5 Å². The Morgan fingerprint density at radius 2 is 2.12 bits per heavy atom. The van der Waals surface area contributed by atoms with Crippen LogP contribution in [0.1, 0.15) is 23.1 Å². The van der Waals surface area contributed by atoms with E-state index in [1.54, 1.807) is 23.8 Å². The average Bonchev–Trinajstić information content (AvgIpc) is 2.80. The molecule has 0 radical (unpaired) electrons. The second-order valence-electron chi connectivity index (χ2n) is 5.69. The van der Waals surface area contributed by atoms with Gasteiger partial charge in [0.15, 0.2) is 11.5 Å². The third kappa shape index (κ3) is 3.24. The number of hydrogen-bond acceptors (Lipinski definition) is 4. The van der Waals surface area contributed by atoms with E-state index in [1.165, 1.54) is 0 Å². The molecule has 0 amide bonds. The molecular weight excluding hydrogens is 328 g/mol. The zero-order chi connectivity index (χ0) is 17.1. The molecule has 5 nitrogen and oxygen atoms in total. The molecule has 2 heterocycles. The molecule has 0 aliphatic carbocycles. The van der Waals surface area contributed by atoms with Gasteiger partial charge in [-0.2, -0.15) is 5.26 Å². The van der Waals surface area contributed by atoms with Gasteiger partial charge >= 0.3 is 0 Å². The fourth-order valence-electron chi connectivity index (χ4n) is 2.66. The summed E-state index contributed by atoms with van der Waals surface area (Å²) in [5, 5.41) is 9.61. The maximum atomic E-state index is 12.3. The van der Waals surface area contributed by atoms with E-state index in [1.807, 2.05) is 18.2 Å². The van der Waals surface area contributed by atoms with Crippen LogP contribution in [0.15, 0.2) is 29.2 Å².